The van der Waals surface area contributed by atoms with Crippen LogP contribution in [0.2, 0.25) is 0 Å². The summed E-state index contributed by atoms with van der Waals surface area (Å²) in [6.45, 7) is 5.03. The first-order chi connectivity index (χ1) is 13.7. The zero-order chi connectivity index (χ0) is 21.6. The van der Waals surface area contributed by atoms with Gasteiger partial charge in [0, 0.05) is 11.1 Å². The van der Waals surface area contributed by atoms with Crippen LogP contribution in [0.4, 0.5) is 8.78 Å². The second-order valence-electron chi connectivity index (χ2n) is 5.88. The molecule has 1 aromatic heterocycles. The number of esters is 2. The molecule has 0 aliphatic carbocycles. The Hall–Kier alpha value is -2.39. The monoisotopic (exact) mass is 442 g/mol. The van der Waals surface area contributed by atoms with Crippen molar-refractivity contribution in [3.63, 3.8) is 0 Å². The lowest BCUT2D eigenvalue weighted by Crippen LogP contribution is -2.21. The van der Waals surface area contributed by atoms with Gasteiger partial charge in [0.25, 0.3) is 5.92 Å². The van der Waals surface area contributed by atoms with Crippen molar-refractivity contribution in [3.8, 4) is 5.75 Å². The molecule has 0 amide bonds. The molecule has 5 nitrogen and oxygen atoms in total. The molecule has 0 spiro atoms. The number of carbonyl (C=O) groups excluding carboxylic acids is 2. The number of alkyl halides is 2. The van der Waals surface area contributed by atoms with Gasteiger partial charge in [-0.05, 0) is 33.0 Å². The van der Waals surface area contributed by atoms with Gasteiger partial charge in [-0.3, -0.25) is 0 Å². The molecular formula is C20H20F2O5S2. The molecule has 2 rings (SSSR count). The first-order valence-corrected chi connectivity index (χ1v) is 10.0. The van der Waals surface area contributed by atoms with Gasteiger partial charge in [0.2, 0.25) is 0 Å². The molecule has 1 heterocycles. The van der Waals surface area contributed by atoms with E-state index in [2.05, 4.69) is 0 Å². The second-order valence-corrected chi connectivity index (χ2v) is 7.35. The largest absolute Gasteiger partial charge is 0.462 e. The van der Waals surface area contributed by atoms with Gasteiger partial charge < -0.3 is 14.2 Å². The lowest BCUT2D eigenvalue weighted by molar-refractivity contribution is 0.00158. The van der Waals surface area contributed by atoms with E-state index >= 15 is 0 Å². The van der Waals surface area contributed by atoms with Crippen LogP contribution in [0.5, 0.6) is 5.75 Å². The quantitative estimate of drug-likeness (QED) is 0.409. The summed E-state index contributed by atoms with van der Waals surface area (Å²) >= 11 is 5.83. The van der Waals surface area contributed by atoms with Crippen molar-refractivity contribution < 1.29 is 32.6 Å². The van der Waals surface area contributed by atoms with E-state index in [9.17, 15) is 18.4 Å². The van der Waals surface area contributed by atoms with E-state index in [-0.39, 0.29) is 39.8 Å². The highest BCUT2D eigenvalue weighted by molar-refractivity contribution is 7.80. The highest BCUT2D eigenvalue weighted by atomic mass is 32.1. The molecule has 0 aliphatic heterocycles. The van der Waals surface area contributed by atoms with Crippen molar-refractivity contribution in [1.82, 2.24) is 0 Å². The summed E-state index contributed by atoms with van der Waals surface area (Å²) in [5, 5.41) is -0.416. The minimum Gasteiger partial charge on any atom is -0.462 e. The van der Waals surface area contributed by atoms with E-state index in [1.807, 2.05) is 0 Å². The molecule has 1 aromatic carbocycles. The van der Waals surface area contributed by atoms with Crippen LogP contribution >= 0.6 is 23.6 Å². The summed E-state index contributed by atoms with van der Waals surface area (Å²) in [4.78, 5) is 24.5. The maximum atomic E-state index is 14.5. The van der Waals surface area contributed by atoms with E-state index in [0.29, 0.717) is 0 Å². The van der Waals surface area contributed by atoms with Gasteiger partial charge in [-0.1, -0.05) is 30.3 Å². The fourth-order valence-corrected chi connectivity index (χ4v) is 3.75. The molecule has 0 saturated carbocycles. The number of halogens is 2. The Morgan fingerprint density at radius 1 is 1.03 bits per heavy atom. The molecule has 0 saturated heterocycles. The summed E-state index contributed by atoms with van der Waals surface area (Å²) in [5.41, 5.74) is 0.0766. The van der Waals surface area contributed by atoms with Crippen LogP contribution in [-0.4, -0.2) is 30.2 Å². The third-order valence-corrected chi connectivity index (χ3v) is 5.25. The second kappa shape index (κ2) is 9.89. The zero-order valence-corrected chi connectivity index (χ0v) is 17.8. The standard InChI is InChI=1S/C20H20F2O5S2/c1-4-25-18(23)16-12(3)15(17(29-16)19(24)26-5-2)27-14(28)11-20(21,22)13-9-7-6-8-10-13/h6-10H,4-5,11H2,1-3H3. The van der Waals surface area contributed by atoms with Gasteiger partial charge >= 0.3 is 11.9 Å². The van der Waals surface area contributed by atoms with Crippen LogP contribution in [0.3, 0.4) is 0 Å². The van der Waals surface area contributed by atoms with Crippen LogP contribution in [0.15, 0.2) is 30.3 Å². The molecule has 2 aromatic rings. The highest BCUT2D eigenvalue weighted by Gasteiger charge is 2.35. The Kier molecular flexibility index (Phi) is 7.80. The maximum Gasteiger partial charge on any atom is 0.352 e. The van der Waals surface area contributed by atoms with E-state index in [0.717, 1.165) is 11.3 Å². The molecule has 0 fully saturated rings. The summed E-state index contributed by atoms with van der Waals surface area (Å²) < 4.78 is 44.4. The number of thiocarbonyl (C=S) groups is 1. The third kappa shape index (κ3) is 5.57. The summed E-state index contributed by atoms with van der Waals surface area (Å²) in [7, 11) is 0. The molecule has 29 heavy (non-hydrogen) atoms. The average Bonchev–Trinajstić information content (AvgIpc) is 2.99. The Morgan fingerprint density at radius 3 is 2.14 bits per heavy atom. The smallest absolute Gasteiger partial charge is 0.352 e. The molecular weight excluding hydrogens is 422 g/mol. The normalized spacial score (nSPS) is 11.1. The third-order valence-electron chi connectivity index (χ3n) is 3.79. The first-order valence-electron chi connectivity index (χ1n) is 8.82. The number of benzene rings is 1. The average molecular weight is 443 g/mol. The van der Waals surface area contributed by atoms with E-state index < -0.39 is 29.3 Å². The highest BCUT2D eigenvalue weighted by Crippen LogP contribution is 2.38. The minimum absolute atomic E-state index is 0.0298. The fraction of sp³-hybridized carbons (Fsp3) is 0.350. The molecule has 9 heteroatoms. The van der Waals surface area contributed by atoms with Crippen molar-refractivity contribution in [1.29, 1.82) is 0 Å². The van der Waals surface area contributed by atoms with Crippen molar-refractivity contribution in [2.75, 3.05) is 13.2 Å². The Labute approximate surface area is 176 Å². The minimum atomic E-state index is -3.25. The van der Waals surface area contributed by atoms with Gasteiger partial charge in [0.05, 0.1) is 19.6 Å². The predicted octanol–water partition coefficient (Wildman–Crippen LogP) is 5.30. The molecule has 0 N–H and O–H groups in total. The number of hydrogen-bond acceptors (Lipinski definition) is 7. The lowest BCUT2D eigenvalue weighted by Gasteiger charge is -2.17. The topological polar surface area (TPSA) is 61.8 Å². The van der Waals surface area contributed by atoms with Gasteiger partial charge in [-0.15, -0.1) is 11.3 Å². The summed E-state index contributed by atoms with van der Waals surface area (Å²) in [6, 6.07) is 7.22. The number of hydrogen-bond donors (Lipinski definition) is 0. The van der Waals surface area contributed by atoms with E-state index in [1.54, 1.807) is 19.9 Å². The van der Waals surface area contributed by atoms with E-state index in [1.165, 1.54) is 31.2 Å². The van der Waals surface area contributed by atoms with Gasteiger partial charge in [0.15, 0.2) is 15.7 Å². The van der Waals surface area contributed by atoms with Crippen molar-refractivity contribution in [2.45, 2.75) is 33.1 Å². The number of carbonyl (C=O) groups is 2. The maximum absolute atomic E-state index is 14.5. The van der Waals surface area contributed by atoms with Crippen LogP contribution < -0.4 is 4.74 Å². The Morgan fingerprint density at radius 2 is 1.59 bits per heavy atom. The van der Waals surface area contributed by atoms with Crippen molar-refractivity contribution in [2.24, 2.45) is 0 Å². The van der Waals surface area contributed by atoms with E-state index in [4.69, 9.17) is 26.4 Å². The molecule has 0 radical (unpaired) electrons. The summed E-state index contributed by atoms with van der Waals surface area (Å²) in [6.07, 6.45) is -0.862. The van der Waals surface area contributed by atoms with Crippen LogP contribution in [0.25, 0.3) is 0 Å². The number of ether oxygens (including phenoxy) is 3. The predicted molar refractivity (Wildman–Crippen MR) is 109 cm³/mol. The molecule has 0 atom stereocenters. The Bertz CT molecular complexity index is 894. The SMILES string of the molecule is CCOC(=O)c1sc(C(=O)OCC)c(OC(=S)CC(F)(F)c2ccccc2)c1C. The van der Waals surface area contributed by atoms with Crippen LogP contribution in [0, 0.1) is 6.92 Å². The summed E-state index contributed by atoms with van der Waals surface area (Å²) in [5.74, 6) is -4.69. The number of rotatable bonds is 8. The molecule has 156 valence electrons. The van der Waals surface area contributed by atoms with Crippen molar-refractivity contribution in [3.05, 3.63) is 51.2 Å². The zero-order valence-electron chi connectivity index (χ0n) is 16.1. The first kappa shape index (κ1) is 22.9. The molecule has 0 bridgehead atoms. The molecule has 0 unspecified atom stereocenters. The molecule has 0 aliphatic rings. The fourth-order valence-electron chi connectivity index (χ4n) is 2.46. The Balaban J connectivity index is 2.31. The number of thiophene rings is 1. The van der Waals surface area contributed by atoms with Crippen molar-refractivity contribution >= 4 is 40.5 Å². The van der Waals surface area contributed by atoms with Crippen LogP contribution in [0.1, 0.15) is 50.7 Å². The lowest BCUT2D eigenvalue weighted by atomic mass is 10.1. The van der Waals surface area contributed by atoms with Crippen LogP contribution in [-0.2, 0) is 15.4 Å². The van der Waals surface area contributed by atoms with Gasteiger partial charge in [-0.2, -0.15) is 0 Å². The van der Waals surface area contributed by atoms with Gasteiger partial charge in [0.1, 0.15) is 4.88 Å². The van der Waals surface area contributed by atoms with Gasteiger partial charge in [-0.25, -0.2) is 18.4 Å².